The Morgan fingerprint density at radius 3 is 3.05 bits per heavy atom. The van der Waals surface area contributed by atoms with Gasteiger partial charge < -0.3 is 4.74 Å². The van der Waals surface area contributed by atoms with Gasteiger partial charge >= 0.3 is 0 Å². The lowest BCUT2D eigenvalue weighted by atomic mass is 10.2. The predicted octanol–water partition coefficient (Wildman–Crippen LogP) is 1.16. The first-order chi connectivity index (χ1) is 9.10. The van der Waals surface area contributed by atoms with E-state index >= 15 is 0 Å². The van der Waals surface area contributed by atoms with Gasteiger partial charge in [-0.3, -0.25) is 0 Å². The Morgan fingerprint density at radius 2 is 2.26 bits per heavy atom. The lowest BCUT2D eigenvalue weighted by Gasteiger charge is -2.36. The van der Waals surface area contributed by atoms with Crippen LogP contribution in [0.3, 0.4) is 0 Å². The lowest BCUT2D eigenvalue weighted by Crippen LogP contribution is -2.51. The van der Waals surface area contributed by atoms with E-state index in [2.05, 4.69) is 4.98 Å². The van der Waals surface area contributed by atoms with Gasteiger partial charge in [0.2, 0.25) is 5.03 Å². The second-order valence-corrected chi connectivity index (χ2v) is 6.62. The molecule has 1 saturated heterocycles. The summed E-state index contributed by atoms with van der Waals surface area (Å²) in [6.45, 7) is 0.619. The van der Waals surface area contributed by atoms with E-state index in [1.165, 1.54) is 16.6 Å². The maximum atomic E-state index is 13.7. The van der Waals surface area contributed by atoms with Crippen molar-refractivity contribution in [2.24, 2.45) is 0 Å². The number of rotatable bonds is 2. The van der Waals surface area contributed by atoms with Crippen molar-refractivity contribution in [1.29, 1.82) is 0 Å². The average Bonchev–Trinajstić information content (AvgIpc) is 2.86. The van der Waals surface area contributed by atoms with Crippen LogP contribution in [-0.2, 0) is 14.8 Å². The van der Waals surface area contributed by atoms with E-state index in [0.717, 1.165) is 25.3 Å². The topological polar surface area (TPSA) is 59.5 Å². The zero-order valence-corrected chi connectivity index (χ0v) is 11.1. The number of hydrogen-bond acceptors (Lipinski definition) is 4. The zero-order valence-electron chi connectivity index (χ0n) is 10.3. The molecule has 5 nitrogen and oxygen atoms in total. The number of morpholine rings is 1. The number of pyridine rings is 1. The van der Waals surface area contributed by atoms with E-state index in [-0.39, 0.29) is 18.7 Å². The number of hydrogen-bond donors (Lipinski definition) is 0. The maximum Gasteiger partial charge on any atom is 0.263 e. The van der Waals surface area contributed by atoms with Crippen LogP contribution in [-0.4, -0.2) is 43.0 Å². The fourth-order valence-corrected chi connectivity index (χ4v) is 4.50. The molecule has 0 bridgehead atoms. The smallest absolute Gasteiger partial charge is 0.263 e. The van der Waals surface area contributed by atoms with Gasteiger partial charge in [0.15, 0.2) is 5.82 Å². The molecule has 104 valence electrons. The van der Waals surface area contributed by atoms with E-state index in [1.807, 2.05) is 0 Å². The Morgan fingerprint density at radius 1 is 1.42 bits per heavy atom. The Kier molecular flexibility index (Phi) is 3.28. The average molecular weight is 286 g/mol. The van der Waals surface area contributed by atoms with E-state index in [9.17, 15) is 12.8 Å². The van der Waals surface area contributed by atoms with Crippen LogP contribution < -0.4 is 0 Å². The number of aromatic nitrogens is 1. The van der Waals surface area contributed by atoms with E-state index in [0.29, 0.717) is 6.61 Å². The molecular weight excluding hydrogens is 271 g/mol. The van der Waals surface area contributed by atoms with Crippen molar-refractivity contribution in [3.05, 3.63) is 24.1 Å². The molecule has 1 aliphatic carbocycles. The van der Waals surface area contributed by atoms with Crippen LogP contribution in [0.15, 0.2) is 23.4 Å². The highest BCUT2D eigenvalue weighted by molar-refractivity contribution is 7.89. The molecule has 0 spiro atoms. The maximum absolute atomic E-state index is 13.7. The molecule has 2 aliphatic rings. The highest BCUT2D eigenvalue weighted by Crippen LogP contribution is 2.33. The summed E-state index contributed by atoms with van der Waals surface area (Å²) in [6, 6.07) is 2.32. The zero-order chi connectivity index (χ0) is 13.5. The van der Waals surface area contributed by atoms with Crippen molar-refractivity contribution in [2.75, 3.05) is 13.2 Å². The number of halogens is 1. The molecule has 0 amide bonds. The molecule has 2 unspecified atom stereocenters. The summed E-state index contributed by atoms with van der Waals surface area (Å²) in [5, 5.41) is -0.484. The minimum atomic E-state index is -3.88. The fraction of sp³-hybridized carbons (Fsp3) is 0.583. The third-order valence-electron chi connectivity index (χ3n) is 3.71. The first-order valence-corrected chi connectivity index (χ1v) is 7.78. The number of sulfonamides is 1. The Labute approximate surface area is 111 Å². The lowest BCUT2D eigenvalue weighted by molar-refractivity contribution is -0.0243. The molecule has 0 N–H and O–H groups in total. The second-order valence-electron chi connectivity index (χ2n) is 4.81. The molecular formula is C12H15FN2O3S. The summed E-state index contributed by atoms with van der Waals surface area (Å²) >= 11 is 0. The third kappa shape index (κ3) is 2.15. The number of fused-ring (bicyclic) bond motifs is 1. The van der Waals surface area contributed by atoms with Gasteiger partial charge in [-0.1, -0.05) is 0 Å². The van der Waals surface area contributed by atoms with E-state index in [4.69, 9.17) is 4.74 Å². The van der Waals surface area contributed by atoms with Crippen molar-refractivity contribution in [1.82, 2.24) is 9.29 Å². The first-order valence-electron chi connectivity index (χ1n) is 6.34. The SMILES string of the molecule is O=S(=O)(c1ncccc1F)N1CCOC2CCCC21. The Bertz CT molecular complexity index is 578. The standard InChI is InChI=1S/C12H15FN2O3S/c13-9-3-2-6-14-12(9)19(16,17)15-7-8-18-11-5-1-4-10(11)15/h2-3,6,10-11H,1,4-5,7-8H2. The van der Waals surface area contributed by atoms with E-state index < -0.39 is 20.9 Å². The second kappa shape index (κ2) is 4.81. The van der Waals surface area contributed by atoms with Crippen LogP contribution in [0, 0.1) is 5.82 Å². The van der Waals surface area contributed by atoms with Crippen molar-refractivity contribution in [3.8, 4) is 0 Å². The third-order valence-corrected chi connectivity index (χ3v) is 5.57. The highest BCUT2D eigenvalue weighted by atomic mass is 32.2. The quantitative estimate of drug-likeness (QED) is 0.818. The van der Waals surface area contributed by atoms with Gasteiger partial charge in [-0.2, -0.15) is 4.31 Å². The van der Waals surface area contributed by atoms with Crippen LogP contribution in [0.2, 0.25) is 0 Å². The van der Waals surface area contributed by atoms with Crippen LogP contribution in [0.25, 0.3) is 0 Å². The predicted molar refractivity (Wildman–Crippen MR) is 65.5 cm³/mol. The Balaban J connectivity index is 1.98. The molecule has 3 rings (SSSR count). The van der Waals surface area contributed by atoms with Crippen molar-refractivity contribution in [3.63, 3.8) is 0 Å². The van der Waals surface area contributed by atoms with Gasteiger partial charge in [-0.05, 0) is 31.4 Å². The molecule has 7 heteroatoms. The monoisotopic (exact) mass is 286 g/mol. The van der Waals surface area contributed by atoms with Gasteiger partial charge in [-0.25, -0.2) is 17.8 Å². The van der Waals surface area contributed by atoms with Crippen LogP contribution >= 0.6 is 0 Å². The largest absolute Gasteiger partial charge is 0.375 e. The summed E-state index contributed by atoms with van der Waals surface area (Å²) in [6.07, 6.45) is 3.80. The number of nitrogens with zero attached hydrogens (tertiary/aromatic N) is 2. The molecule has 2 fully saturated rings. The minimum absolute atomic E-state index is 0.0599. The van der Waals surface area contributed by atoms with Crippen LogP contribution in [0.5, 0.6) is 0 Å². The molecule has 19 heavy (non-hydrogen) atoms. The molecule has 1 aromatic heterocycles. The molecule has 0 radical (unpaired) electrons. The molecule has 1 aromatic rings. The van der Waals surface area contributed by atoms with Crippen LogP contribution in [0.4, 0.5) is 4.39 Å². The van der Waals surface area contributed by atoms with Gasteiger partial charge in [0.05, 0.1) is 18.8 Å². The molecule has 0 aromatic carbocycles. The number of ether oxygens (including phenoxy) is 1. The van der Waals surface area contributed by atoms with Crippen molar-refractivity contribution >= 4 is 10.0 Å². The summed E-state index contributed by atoms with van der Waals surface area (Å²) in [4.78, 5) is 3.69. The van der Waals surface area contributed by atoms with Crippen molar-refractivity contribution < 1.29 is 17.5 Å². The summed E-state index contributed by atoms with van der Waals surface area (Å²) < 4.78 is 45.7. The van der Waals surface area contributed by atoms with Gasteiger partial charge in [-0.15, -0.1) is 0 Å². The highest BCUT2D eigenvalue weighted by Gasteiger charge is 2.43. The van der Waals surface area contributed by atoms with Gasteiger partial charge in [0.25, 0.3) is 10.0 Å². The Hall–Kier alpha value is -1.05. The normalized spacial score (nSPS) is 28.3. The molecule has 2 heterocycles. The molecule has 1 saturated carbocycles. The molecule has 1 aliphatic heterocycles. The molecule has 2 atom stereocenters. The van der Waals surface area contributed by atoms with E-state index in [1.54, 1.807) is 0 Å². The van der Waals surface area contributed by atoms with Gasteiger partial charge in [0, 0.05) is 12.7 Å². The summed E-state index contributed by atoms with van der Waals surface area (Å²) in [5.41, 5.74) is 0. The first kappa shape index (κ1) is 13.0. The van der Waals surface area contributed by atoms with Gasteiger partial charge in [0.1, 0.15) is 0 Å². The summed E-state index contributed by atoms with van der Waals surface area (Å²) in [7, 11) is -3.88. The fourth-order valence-electron chi connectivity index (χ4n) is 2.86. The minimum Gasteiger partial charge on any atom is -0.375 e. The summed E-state index contributed by atoms with van der Waals surface area (Å²) in [5.74, 6) is -0.802. The van der Waals surface area contributed by atoms with Crippen molar-refractivity contribution in [2.45, 2.75) is 36.4 Å². The van der Waals surface area contributed by atoms with Crippen LogP contribution in [0.1, 0.15) is 19.3 Å².